The van der Waals surface area contributed by atoms with Gasteiger partial charge in [0.15, 0.2) is 17.2 Å². The topological polar surface area (TPSA) is 152 Å². The smallest absolute Gasteiger partial charge is 0.209 e. The molecule has 0 saturated carbocycles. The molecule has 0 aliphatic heterocycles. The van der Waals surface area contributed by atoms with Crippen LogP contribution in [0, 0.1) is 22.7 Å². The van der Waals surface area contributed by atoms with Crippen molar-refractivity contribution in [1.82, 2.24) is 0 Å². The molecule has 0 radical (unpaired) electrons. The van der Waals surface area contributed by atoms with Gasteiger partial charge in [-0.25, -0.2) is 0 Å². The van der Waals surface area contributed by atoms with Gasteiger partial charge < -0.3 is 25.5 Å². The van der Waals surface area contributed by atoms with Gasteiger partial charge in [-0.1, -0.05) is 89.2 Å². The first-order chi connectivity index (χ1) is 19.6. The molecule has 0 bridgehead atoms. The summed E-state index contributed by atoms with van der Waals surface area (Å²) in [4.78, 5) is 40.7. The lowest BCUT2D eigenvalue weighted by molar-refractivity contribution is -0.211. The number of hydrogen-bond acceptors (Lipinski definition) is 8. The number of aliphatic hydroxyl groups is 4. The number of allylic oxidation sites excluding steroid dienone is 1. The van der Waals surface area contributed by atoms with Crippen molar-refractivity contribution in [2.24, 2.45) is 22.7 Å². The summed E-state index contributed by atoms with van der Waals surface area (Å²) in [5.41, 5.74) is -5.95. The number of phenolic OH excluding ortho intramolecular Hbond substituents is 1. The van der Waals surface area contributed by atoms with E-state index in [-0.39, 0.29) is 11.3 Å². The second-order valence-electron chi connectivity index (χ2n) is 12.5. The summed E-state index contributed by atoms with van der Waals surface area (Å²) in [6.45, 7) is 9.18. The lowest BCUT2D eigenvalue weighted by Crippen LogP contribution is -2.73. The van der Waals surface area contributed by atoms with Crippen molar-refractivity contribution in [2.45, 2.75) is 59.2 Å². The molecule has 2 aromatic rings. The van der Waals surface area contributed by atoms with E-state index in [2.05, 4.69) is 0 Å². The predicted molar refractivity (Wildman–Crippen MR) is 157 cm³/mol. The minimum Gasteiger partial charge on any atom is -0.511 e. The van der Waals surface area contributed by atoms with Crippen LogP contribution in [0.4, 0.5) is 0 Å². The number of aromatic hydroxyl groups is 1. The summed E-state index contributed by atoms with van der Waals surface area (Å²) < 4.78 is 0. The molecule has 2 unspecified atom stereocenters. The molecule has 5 N–H and O–H groups in total. The van der Waals surface area contributed by atoms with Crippen molar-refractivity contribution >= 4 is 29.5 Å². The van der Waals surface area contributed by atoms with Crippen LogP contribution in [0.1, 0.15) is 74.5 Å². The highest BCUT2D eigenvalue weighted by Gasteiger charge is 2.76. The van der Waals surface area contributed by atoms with Crippen LogP contribution < -0.4 is 0 Å². The molecule has 0 aromatic heterocycles. The molecular formula is C34H36O8. The van der Waals surface area contributed by atoms with E-state index in [1.807, 2.05) is 30.3 Å². The third-order valence-corrected chi connectivity index (χ3v) is 10.1. The Hall–Kier alpha value is -4.01. The van der Waals surface area contributed by atoms with E-state index in [1.54, 1.807) is 52.0 Å². The van der Waals surface area contributed by atoms with E-state index in [1.165, 1.54) is 6.92 Å². The molecule has 0 spiro atoms. The maximum Gasteiger partial charge on any atom is 0.209 e. The largest absolute Gasteiger partial charge is 0.511 e. The quantitative estimate of drug-likeness (QED) is 0.252. The van der Waals surface area contributed by atoms with E-state index in [0.29, 0.717) is 11.1 Å². The molecule has 0 heterocycles. The van der Waals surface area contributed by atoms with Gasteiger partial charge >= 0.3 is 0 Å². The summed E-state index contributed by atoms with van der Waals surface area (Å²) >= 11 is 0. The van der Waals surface area contributed by atoms with Gasteiger partial charge in [0.25, 0.3) is 0 Å². The van der Waals surface area contributed by atoms with Crippen LogP contribution in [0.2, 0.25) is 0 Å². The van der Waals surface area contributed by atoms with Gasteiger partial charge in [-0.15, -0.1) is 0 Å². The van der Waals surface area contributed by atoms with E-state index < -0.39 is 80.3 Å². The van der Waals surface area contributed by atoms with Crippen molar-refractivity contribution < 1.29 is 39.9 Å². The number of fused-ring (bicyclic) bond motifs is 3. The first kappa shape index (κ1) is 29.5. The number of hydrogen-bond donors (Lipinski definition) is 5. The molecule has 6 atom stereocenters. The molecule has 3 aliphatic rings. The van der Waals surface area contributed by atoms with Gasteiger partial charge in [0.1, 0.15) is 22.8 Å². The summed E-state index contributed by atoms with van der Waals surface area (Å²) in [6.07, 6.45) is 1.77. The number of aliphatic hydroxyl groups excluding tert-OH is 3. The van der Waals surface area contributed by atoms with Crippen molar-refractivity contribution in [3.8, 4) is 5.75 Å². The number of carbonyl (C=O) groups excluding carboxylic acids is 3. The van der Waals surface area contributed by atoms with Crippen molar-refractivity contribution in [2.75, 3.05) is 0 Å². The Balaban J connectivity index is 1.79. The lowest BCUT2D eigenvalue weighted by atomic mass is 9.41. The SMILES string of the molecule is CC(=O)C1=C(O)C(C(C)C)[C@@]2(C)[C@H](O)[C@]3(C)C(=C(O)C2(O)C1=O)C(=O)c1c(ccc(/C=C/c2ccccc2)c1O)[C@H]3C. The van der Waals surface area contributed by atoms with Crippen molar-refractivity contribution in [1.29, 1.82) is 0 Å². The van der Waals surface area contributed by atoms with Crippen LogP contribution in [-0.4, -0.2) is 54.6 Å². The lowest BCUT2D eigenvalue weighted by Gasteiger charge is -2.63. The number of benzene rings is 2. The fourth-order valence-electron chi connectivity index (χ4n) is 7.84. The zero-order chi connectivity index (χ0) is 31.1. The number of carbonyl (C=O) groups is 3. The Kier molecular flexibility index (Phi) is 6.67. The van der Waals surface area contributed by atoms with E-state index >= 15 is 0 Å². The molecule has 42 heavy (non-hydrogen) atoms. The average Bonchev–Trinajstić information content (AvgIpc) is 2.93. The molecule has 220 valence electrons. The fourth-order valence-corrected chi connectivity index (χ4v) is 7.84. The van der Waals surface area contributed by atoms with Gasteiger partial charge in [-0.2, -0.15) is 0 Å². The van der Waals surface area contributed by atoms with E-state index in [9.17, 15) is 39.9 Å². The van der Waals surface area contributed by atoms with E-state index in [0.717, 1.165) is 12.5 Å². The van der Waals surface area contributed by atoms with Crippen molar-refractivity contribution in [3.05, 3.63) is 87.4 Å². The number of ketones is 3. The second-order valence-corrected chi connectivity index (χ2v) is 12.5. The highest BCUT2D eigenvalue weighted by molar-refractivity contribution is 6.25. The van der Waals surface area contributed by atoms with Crippen molar-refractivity contribution in [3.63, 3.8) is 0 Å². The number of rotatable bonds is 4. The fraction of sp³-hybridized carbons (Fsp3) is 0.382. The molecule has 0 fully saturated rings. The van der Waals surface area contributed by atoms with Crippen LogP contribution in [0.15, 0.2) is 65.1 Å². The zero-order valence-corrected chi connectivity index (χ0v) is 24.5. The third kappa shape index (κ3) is 3.45. The Labute approximate surface area is 244 Å². The van der Waals surface area contributed by atoms with Gasteiger partial charge in [-0.05, 0) is 29.9 Å². The van der Waals surface area contributed by atoms with Crippen LogP contribution in [0.3, 0.4) is 0 Å². The standard InChI is InChI=1S/C34H36O8/c1-16(2)24-27(37)22(18(4)35)29(39)34(42)30(40)25-28(38)23-21(17(3)32(25,5)31(41)33(24,34)6)15-14-20(26(23)36)13-12-19-10-8-7-9-11-19/h7-17,24,31,36-37,40-42H,1-6H3/b13-12+/t17-,24?,31-,32+,33+,34?/m1/s1. The maximum atomic E-state index is 14.3. The molecule has 8 nitrogen and oxygen atoms in total. The highest BCUT2D eigenvalue weighted by atomic mass is 16.4. The van der Waals surface area contributed by atoms with Gasteiger partial charge in [-0.3, -0.25) is 14.4 Å². The molecule has 5 rings (SSSR count). The summed E-state index contributed by atoms with van der Waals surface area (Å²) in [5, 5.41) is 58.9. The summed E-state index contributed by atoms with van der Waals surface area (Å²) in [5.74, 6) is -7.15. The Bertz CT molecular complexity index is 1630. The normalized spacial score (nSPS) is 32.7. The third-order valence-electron chi connectivity index (χ3n) is 10.1. The highest BCUT2D eigenvalue weighted by Crippen LogP contribution is 2.67. The van der Waals surface area contributed by atoms with Gasteiger partial charge in [0.2, 0.25) is 5.78 Å². The second kappa shape index (κ2) is 9.51. The monoisotopic (exact) mass is 572 g/mol. The average molecular weight is 573 g/mol. The molecule has 8 heteroatoms. The predicted octanol–water partition coefficient (Wildman–Crippen LogP) is 5.05. The van der Waals surface area contributed by atoms with Crippen LogP contribution in [0.25, 0.3) is 12.2 Å². The molecule has 3 aliphatic carbocycles. The van der Waals surface area contributed by atoms with Crippen LogP contribution >= 0.6 is 0 Å². The molecule has 2 aromatic carbocycles. The maximum absolute atomic E-state index is 14.3. The minimum atomic E-state index is -2.91. The van der Waals surface area contributed by atoms with Crippen LogP contribution in [-0.2, 0) is 9.59 Å². The zero-order valence-electron chi connectivity index (χ0n) is 24.5. The first-order valence-corrected chi connectivity index (χ1v) is 14.0. The van der Waals surface area contributed by atoms with Crippen LogP contribution in [0.5, 0.6) is 5.75 Å². The van der Waals surface area contributed by atoms with Gasteiger partial charge in [0.05, 0.1) is 17.2 Å². The number of phenols is 1. The summed E-state index contributed by atoms with van der Waals surface area (Å²) in [6, 6.07) is 12.7. The first-order valence-electron chi connectivity index (χ1n) is 14.0. The Morgan fingerprint density at radius 2 is 1.60 bits per heavy atom. The minimum absolute atomic E-state index is 0.106. The molecule has 0 saturated heterocycles. The Morgan fingerprint density at radius 1 is 0.976 bits per heavy atom. The summed E-state index contributed by atoms with van der Waals surface area (Å²) in [7, 11) is 0. The Morgan fingerprint density at radius 3 is 2.17 bits per heavy atom. The molecule has 0 amide bonds. The number of Topliss-reactive ketones (excluding diaryl/α,β-unsaturated/α-hetero) is 3. The molecular weight excluding hydrogens is 536 g/mol. The van der Waals surface area contributed by atoms with E-state index in [4.69, 9.17) is 0 Å². The van der Waals surface area contributed by atoms with Gasteiger partial charge in [0, 0.05) is 22.3 Å².